The molecule has 1 saturated heterocycles. The molecule has 1 aliphatic heterocycles. The first-order valence-electron chi connectivity index (χ1n) is 7.31. The molecule has 0 radical (unpaired) electrons. The van der Waals surface area contributed by atoms with Gasteiger partial charge in [-0.3, -0.25) is 4.79 Å². The molecule has 1 aromatic carbocycles. The van der Waals surface area contributed by atoms with Gasteiger partial charge in [0.15, 0.2) is 0 Å². The number of ether oxygens (including phenoxy) is 1. The molecule has 1 aromatic rings. The molecule has 0 aliphatic carbocycles. The van der Waals surface area contributed by atoms with Crippen LogP contribution >= 0.6 is 0 Å². The van der Waals surface area contributed by atoms with Crippen molar-refractivity contribution in [3.63, 3.8) is 0 Å². The summed E-state index contributed by atoms with van der Waals surface area (Å²) in [7, 11) is 0. The Balaban J connectivity index is 1.96. The molecule has 0 aromatic heterocycles. The molecular formula is C16H24N2O2. The van der Waals surface area contributed by atoms with E-state index in [1.807, 2.05) is 43.0 Å². The number of hydrogen-bond donors (Lipinski definition) is 1. The largest absolute Gasteiger partial charge is 0.491 e. The summed E-state index contributed by atoms with van der Waals surface area (Å²) >= 11 is 0. The number of benzene rings is 1. The number of hydrogen-bond acceptors (Lipinski definition) is 3. The summed E-state index contributed by atoms with van der Waals surface area (Å²) in [6.45, 7) is 8.58. The van der Waals surface area contributed by atoms with Crippen LogP contribution in [0.15, 0.2) is 24.3 Å². The van der Waals surface area contributed by atoms with E-state index in [0.717, 1.165) is 30.9 Å². The highest BCUT2D eigenvalue weighted by atomic mass is 16.5. The fourth-order valence-electron chi connectivity index (χ4n) is 2.45. The van der Waals surface area contributed by atoms with E-state index in [2.05, 4.69) is 12.2 Å². The van der Waals surface area contributed by atoms with Gasteiger partial charge in [0, 0.05) is 25.7 Å². The number of carbonyl (C=O) groups is 1. The first-order valence-corrected chi connectivity index (χ1v) is 7.31. The van der Waals surface area contributed by atoms with E-state index >= 15 is 0 Å². The van der Waals surface area contributed by atoms with Gasteiger partial charge in [0.1, 0.15) is 5.75 Å². The molecule has 0 bridgehead atoms. The van der Waals surface area contributed by atoms with Crippen molar-refractivity contribution < 1.29 is 9.53 Å². The quantitative estimate of drug-likeness (QED) is 0.912. The van der Waals surface area contributed by atoms with Gasteiger partial charge in [0.25, 0.3) is 0 Å². The van der Waals surface area contributed by atoms with Crippen molar-refractivity contribution in [2.75, 3.05) is 19.6 Å². The zero-order valence-corrected chi connectivity index (χ0v) is 12.6. The van der Waals surface area contributed by atoms with Crippen molar-refractivity contribution in [1.82, 2.24) is 10.2 Å². The van der Waals surface area contributed by atoms with Crippen molar-refractivity contribution in [3.05, 3.63) is 29.8 Å². The van der Waals surface area contributed by atoms with Gasteiger partial charge < -0.3 is 15.0 Å². The molecular weight excluding hydrogens is 252 g/mol. The minimum Gasteiger partial charge on any atom is -0.491 e. The Kier molecular flexibility index (Phi) is 5.01. The summed E-state index contributed by atoms with van der Waals surface area (Å²) < 4.78 is 5.66. The molecule has 4 nitrogen and oxygen atoms in total. The Morgan fingerprint density at radius 2 is 2.30 bits per heavy atom. The van der Waals surface area contributed by atoms with Crippen molar-refractivity contribution in [2.45, 2.75) is 39.3 Å². The summed E-state index contributed by atoms with van der Waals surface area (Å²) in [6.07, 6.45) is 0.595. The molecule has 110 valence electrons. The Hall–Kier alpha value is -1.55. The van der Waals surface area contributed by atoms with Crippen LogP contribution in [0.2, 0.25) is 0 Å². The van der Waals surface area contributed by atoms with Crippen LogP contribution in [-0.2, 0) is 11.2 Å². The molecule has 0 saturated carbocycles. The van der Waals surface area contributed by atoms with E-state index in [1.54, 1.807) is 0 Å². The first kappa shape index (κ1) is 14.9. The van der Waals surface area contributed by atoms with E-state index < -0.39 is 0 Å². The minimum atomic E-state index is 0.148. The van der Waals surface area contributed by atoms with Crippen LogP contribution in [0.1, 0.15) is 26.3 Å². The lowest BCUT2D eigenvalue weighted by Gasteiger charge is -2.32. The second kappa shape index (κ2) is 6.75. The number of nitrogens with zero attached hydrogens (tertiary/aromatic N) is 1. The smallest absolute Gasteiger partial charge is 0.227 e. The van der Waals surface area contributed by atoms with Crippen molar-refractivity contribution >= 4 is 5.91 Å². The third-order valence-corrected chi connectivity index (χ3v) is 3.35. The highest BCUT2D eigenvalue weighted by molar-refractivity contribution is 5.79. The van der Waals surface area contributed by atoms with Gasteiger partial charge in [-0.1, -0.05) is 12.1 Å². The summed E-state index contributed by atoms with van der Waals surface area (Å²) in [5, 5.41) is 3.35. The monoisotopic (exact) mass is 276 g/mol. The topological polar surface area (TPSA) is 41.6 Å². The molecule has 1 atom stereocenters. The molecule has 1 heterocycles. The molecule has 1 N–H and O–H groups in total. The molecule has 4 heteroatoms. The van der Waals surface area contributed by atoms with E-state index in [1.165, 1.54) is 0 Å². The average Bonchev–Trinajstić information content (AvgIpc) is 2.38. The Morgan fingerprint density at radius 3 is 3.00 bits per heavy atom. The van der Waals surface area contributed by atoms with Crippen LogP contribution in [0.3, 0.4) is 0 Å². The van der Waals surface area contributed by atoms with E-state index in [4.69, 9.17) is 4.74 Å². The molecule has 1 unspecified atom stereocenters. The fourth-order valence-corrected chi connectivity index (χ4v) is 2.45. The van der Waals surface area contributed by atoms with Crippen LogP contribution in [-0.4, -0.2) is 42.6 Å². The van der Waals surface area contributed by atoms with E-state index in [0.29, 0.717) is 12.5 Å². The predicted octanol–water partition coefficient (Wildman–Crippen LogP) is 1.84. The average molecular weight is 276 g/mol. The third-order valence-electron chi connectivity index (χ3n) is 3.35. The Bertz CT molecular complexity index is 460. The predicted molar refractivity (Wildman–Crippen MR) is 80.0 cm³/mol. The minimum absolute atomic E-state index is 0.148. The van der Waals surface area contributed by atoms with Gasteiger partial charge in [-0.2, -0.15) is 0 Å². The van der Waals surface area contributed by atoms with Gasteiger partial charge >= 0.3 is 0 Å². The van der Waals surface area contributed by atoms with Crippen molar-refractivity contribution in [3.8, 4) is 5.75 Å². The van der Waals surface area contributed by atoms with Crippen LogP contribution < -0.4 is 10.1 Å². The van der Waals surface area contributed by atoms with Gasteiger partial charge in [0.2, 0.25) is 5.91 Å². The molecule has 2 rings (SSSR count). The van der Waals surface area contributed by atoms with Gasteiger partial charge in [-0.05, 0) is 38.5 Å². The summed E-state index contributed by atoms with van der Waals surface area (Å²) in [5.41, 5.74) is 1.01. The highest BCUT2D eigenvalue weighted by Gasteiger charge is 2.20. The van der Waals surface area contributed by atoms with Gasteiger partial charge in [0.05, 0.1) is 12.5 Å². The fraction of sp³-hybridized carbons (Fsp3) is 0.562. The molecule has 0 spiro atoms. The van der Waals surface area contributed by atoms with Crippen LogP contribution in [0.5, 0.6) is 5.75 Å². The SMILES string of the molecule is CC1CN(C(=O)Cc2cccc(OC(C)C)c2)CCN1. The van der Waals surface area contributed by atoms with Crippen LogP contribution in [0.4, 0.5) is 0 Å². The number of carbonyl (C=O) groups excluding carboxylic acids is 1. The maximum absolute atomic E-state index is 12.3. The maximum atomic E-state index is 12.3. The van der Waals surface area contributed by atoms with Gasteiger partial charge in [-0.25, -0.2) is 0 Å². The van der Waals surface area contributed by atoms with E-state index in [-0.39, 0.29) is 12.0 Å². The summed E-state index contributed by atoms with van der Waals surface area (Å²) in [6, 6.07) is 8.20. The summed E-state index contributed by atoms with van der Waals surface area (Å²) in [5.74, 6) is 1.03. The number of nitrogens with one attached hydrogen (secondary N) is 1. The molecule has 20 heavy (non-hydrogen) atoms. The first-order chi connectivity index (χ1) is 9.54. The van der Waals surface area contributed by atoms with Crippen LogP contribution in [0.25, 0.3) is 0 Å². The third kappa shape index (κ3) is 4.23. The van der Waals surface area contributed by atoms with E-state index in [9.17, 15) is 4.79 Å². The number of rotatable bonds is 4. The molecule has 1 amide bonds. The Morgan fingerprint density at radius 1 is 1.50 bits per heavy atom. The molecule has 1 fully saturated rings. The Labute approximate surface area is 121 Å². The number of piperazine rings is 1. The standard InChI is InChI=1S/C16H24N2O2/c1-12(2)20-15-6-4-5-14(9-15)10-16(19)18-8-7-17-13(3)11-18/h4-6,9,12-13,17H,7-8,10-11H2,1-3H3. The lowest BCUT2D eigenvalue weighted by atomic mass is 10.1. The second-order valence-corrected chi connectivity index (χ2v) is 5.69. The number of amides is 1. The lowest BCUT2D eigenvalue weighted by Crippen LogP contribution is -2.51. The van der Waals surface area contributed by atoms with Gasteiger partial charge in [-0.15, -0.1) is 0 Å². The summed E-state index contributed by atoms with van der Waals surface area (Å²) in [4.78, 5) is 14.2. The normalized spacial score (nSPS) is 19.2. The van der Waals surface area contributed by atoms with Crippen LogP contribution in [0, 0.1) is 0 Å². The zero-order chi connectivity index (χ0) is 14.5. The highest BCUT2D eigenvalue weighted by Crippen LogP contribution is 2.16. The van der Waals surface area contributed by atoms with Crippen molar-refractivity contribution in [2.24, 2.45) is 0 Å². The maximum Gasteiger partial charge on any atom is 0.227 e. The molecule has 1 aliphatic rings. The second-order valence-electron chi connectivity index (χ2n) is 5.69. The lowest BCUT2D eigenvalue weighted by molar-refractivity contribution is -0.131. The van der Waals surface area contributed by atoms with Crippen molar-refractivity contribution in [1.29, 1.82) is 0 Å². The zero-order valence-electron chi connectivity index (χ0n) is 12.6.